The van der Waals surface area contributed by atoms with Crippen LogP contribution in [0.1, 0.15) is 34.6 Å². The van der Waals surface area contributed by atoms with Crippen LogP contribution in [0.3, 0.4) is 0 Å². The third-order valence-corrected chi connectivity index (χ3v) is 5.87. The SMILES string of the molecule is CCNc1nc2oc(-c3ccc(F)cc3)c(C(=O)NC)c2cc1-c1cc(Cl)c(NCC)c(C(=O)O)c1. The summed E-state index contributed by atoms with van der Waals surface area (Å²) in [5, 5.41) is 19.2. The van der Waals surface area contributed by atoms with Gasteiger partial charge >= 0.3 is 5.97 Å². The number of aromatic nitrogens is 1. The van der Waals surface area contributed by atoms with Crippen LogP contribution in [-0.4, -0.2) is 42.1 Å². The van der Waals surface area contributed by atoms with Crippen molar-refractivity contribution in [2.75, 3.05) is 30.8 Å². The Morgan fingerprint density at radius 2 is 1.75 bits per heavy atom. The van der Waals surface area contributed by atoms with E-state index in [0.29, 0.717) is 46.7 Å². The summed E-state index contributed by atoms with van der Waals surface area (Å²) in [5.41, 5.74) is 2.29. The summed E-state index contributed by atoms with van der Waals surface area (Å²) in [5.74, 6) is -1.30. The first kappa shape index (κ1) is 25.0. The molecule has 2 aromatic heterocycles. The largest absolute Gasteiger partial charge is 0.478 e. The van der Waals surface area contributed by atoms with Crippen LogP contribution in [0.4, 0.5) is 15.9 Å². The molecule has 0 bridgehead atoms. The van der Waals surface area contributed by atoms with Crippen molar-refractivity contribution in [1.82, 2.24) is 10.3 Å². The van der Waals surface area contributed by atoms with Crippen molar-refractivity contribution in [1.29, 1.82) is 0 Å². The molecule has 2 aromatic carbocycles. The maximum Gasteiger partial charge on any atom is 0.337 e. The molecule has 36 heavy (non-hydrogen) atoms. The predicted octanol–water partition coefficient (Wildman–Crippen LogP) is 5.88. The Balaban J connectivity index is 2.02. The maximum atomic E-state index is 13.5. The molecule has 0 fully saturated rings. The third-order valence-electron chi connectivity index (χ3n) is 5.57. The Kier molecular flexibility index (Phi) is 7.12. The quantitative estimate of drug-likeness (QED) is 0.234. The molecule has 186 valence electrons. The second kappa shape index (κ2) is 10.2. The number of anilines is 2. The van der Waals surface area contributed by atoms with Gasteiger partial charge in [-0.2, -0.15) is 4.98 Å². The topological polar surface area (TPSA) is 116 Å². The lowest BCUT2D eigenvalue weighted by Gasteiger charge is -2.15. The fraction of sp³-hybridized carbons (Fsp3) is 0.192. The van der Waals surface area contributed by atoms with Crippen LogP contribution in [0.25, 0.3) is 33.6 Å². The van der Waals surface area contributed by atoms with Crippen molar-refractivity contribution < 1.29 is 23.5 Å². The van der Waals surface area contributed by atoms with Gasteiger partial charge in [-0.3, -0.25) is 4.79 Å². The Labute approximate surface area is 211 Å². The highest BCUT2D eigenvalue weighted by Gasteiger charge is 2.25. The average molecular weight is 511 g/mol. The van der Waals surface area contributed by atoms with Crippen molar-refractivity contribution >= 4 is 46.1 Å². The molecule has 4 rings (SSSR count). The Morgan fingerprint density at radius 1 is 1.06 bits per heavy atom. The first-order valence-corrected chi connectivity index (χ1v) is 11.7. The molecule has 0 unspecified atom stereocenters. The molecule has 0 spiro atoms. The van der Waals surface area contributed by atoms with E-state index in [1.165, 1.54) is 37.4 Å². The molecule has 4 N–H and O–H groups in total. The number of rotatable bonds is 8. The zero-order valence-electron chi connectivity index (χ0n) is 19.8. The third kappa shape index (κ3) is 4.57. The standard InChI is InChI=1S/C26H24ClFN4O4/c1-4-30-21-18(26(34)35)10-14(11-19(21)27)16-12-17-20(24(33)29-3)22(13-6-8-15(28)9-7-13)36-25(17)32-23(16)31-5-2/h6-12,30H,4-5H2,1-3H3,(H,29,33)(H,31,32)(H,34,35). The molecular formula is C26H24ClFN4O4. The molecular weight excluding hydrogens is 487 g/mol. The zero-order chi connectivity index (χ0) is 26.0. The van der Waals surface area contributed by atoms with Crippen molar-refractivity contribution in [3.05, 3.63) is 64.4 Å². The van der Waals surface area contributed by atoms with E-state index in [1.807, 2.05) is 13.8 Å². The monoisotopic (exact) mass is 510 g/mol. The molecule has 0 saturated heterocycles. The van der Waals surface area contributed by atoms with Crippen LogP contribution in [0.5, 0.6) is 0 Å². The number of amides is 1. The van der Waals surface area contributed by atoms with E-state index in [4.69, 9.17) is 16.0 Å². The fourth-order valence-electron chi connectivity index (χ4n) is 3.99. The first-order valence-electron chi connectivity index (χ1n) is 11.3. The summed E-state index contributed by atoms with van der Waals surface area (Å²) >= 11 is 6.48. The van der Waals surface area contributed by atoms with Crippen molar-refractivity contribution in [3.8, 4) is 22.5 Å². The lowest BCUT2D eigenvalue weighted by atomic mass is 9.99. The summed E-state index contributed by atoms with van der Waals surface area (Å²) in [6, 6.07) is 10.5. The number of fused-ring (bicyclic) bond motifs is 1. The minimum atomic E-state index is -1.14. The molecule has 2 heterocycles. The number of carboxylic acid groups (broad SMARTS) is 1. The number of hydrogen-bond acceptors (Lipinski definition) is 6. The lowest BCUT2D eigenvalue weighted by molar-refractivity contribution is 0.0697. The number of nitrogens with one attached hydrogen (secondary N) is 3. The van der Waals surface area contributed by atoms with Crippen LogP contribution in [0, 0.1) is 5.82 Å². The first-order chi connectivity index (χ1) is 17.3. The van der Waals surface area contributed by atoms with Gasteiger partial charge < -0.3 is 25.5 Å². The van der Waals surface area contributed by atoms with Crippen LogP contribution in [0.15, 0.2) is 46.9 Å². The van der Waals surface area contributed by atoms with Gasteiger partial charge in [0.1, 0.15) is 17.4 Å². The fourth-order valence-corrected chi connectivity index (χ4v) is 4.27. The van der Waals surface area contributed by atoms with E-state index in [2.05, 4.69) is 20.9 Å². The summed E-state index contributed by atoms with van der Waals surface area (Å²) in [4.78, 5) is 29.5. The number of furan rings is 1. The smallest absolute Gasteiger partial charge is 0.337 e. The summed E-state index contributed by atoms with van der Waals surface area (Å²) in [6.07, 6.45) is 0. The molecule has 4 aromatic rings. The van der Waals surface area contributed by atoms with Crippen LogP contribution in [0.2, 0.25) is 5.02 Å². The molecule has 8 nitrogen and oxygen atoms in total. The van der Waals surface area contributed by atoms with E-state index in [1.54, 1.807) is 12.1 Å². The molecule has 0 aliphatic rings. The van der Waals surface area contributed by atoms with Gasteiger partial charge in [0.05, 0.1) is 27.2 Å². The van der Waals surface area contributed by atoms with E-state index < -0.39 is 17.7 Å². The number of benzene rings is 2. The predicted molar refractivity (Wildman–Crippen MR) is 139 cm³/mol. The van der Waals surface area contributed by atoms with E-state index >= 15 is 0 Å². The number of carboxylic acids is 1. The molecule has 1 amide bonds. The number of aromatic carboxylic acids is 1. The Hall–Kier alpha value is -4.11. The lowest BCUT2D eigenvalue weighted by Crippen LogP contribution is -2.18. The number of halogens is 2. The van der Waals surface area contributed by atoms with Gasteiger partial charge in [-0.15, -0.1) is 0 Å². The van der Waals surface area contributed by atoms with Gasteiger partial charge in [0, 0.05) is 31.3 Å². The van der Waals surface area contributed by atoms with Crippen LogP contribution >= 0.6 is 11.6 Å². The average Bonchev–Trinajstić information content (AvgIpc) is 3.23. The number of pyridine rings is 1. The normalized spacial score (nSPS) is 10.9. The highest BCUT2D eigenvalue weighted by Crippen LogP contribution is 2.40. The van der Waals surface area contributed by atoms with E-state index in [0.717, 1.165) is 0 Å². The van der Waals surface area contributed by atoms with Gasteiger partial charge in [0.25, 0.3) is 5.91 Å². The summed E-state index contributed by atoms with van der Waals surface area (Å²) in [7, 11) is 1.50. The Bertz CT molecular complexity index is 1470. The molecule has 0 aliphatic carbocycles. The summed E-state index contributed by atoms with van der Waals surface area (Å²) in [6.45, 7) is 4.75. The van der Waals surface area contributed by atoms with Gasteiger partial charge in [-0.25, -0.2) is 9.18 Å². The van der Waals surface area contributed by atoms with Crippen molar-refractivity contribution in [2.45, 2.75) is 13.8 Å². The zero-order valence-corrected chi connectivity index (χ0v) is 20.6. The second-order valence-electron chi connectivity index (χ2n) is 7.88. The van der Waals surface area contributed by atoms with Crippen LogP contribution < -0.4 is 16.0 Å². The molecule has 10 heteroatoms. The number of hydrogen-bond donors (Lipinski definition) is 4. The van der Waals surface area contributed by atoms with Crippen LogP contribution in [-0.2, 0) is 0 Å². The molecule has 0 atom stereocenters. The van der Waals surface area contributed by atoms with Crippen molar-refractivity contribution in [3.63, 3.8) is 0 Å². The minimum absolute atomic E-state index is 0.00705. The van der Waals surface area contributed by atoms with Gasteiger partial charge in [0.15, 0.2) is 0 Å². The van der Waals surface area contributed by atoms with E-state index in [-0.39, 0.29) is 27.6 Å². The highest BCUT2D eigenvalue weighted by atomic mass is 35.5. The van der Waals surface area contributed by atoms with Gasteiger partial charge in [-0.1, -0.05) is 11.6 Å². The minimum Gasteiger partial charge on any atom is -0.478 e. The number of nitrogens with zero attached hydrogens (tertiary/aromatic N) is 1. The van der Waals surface area contributed by atoms with E-state index in [9.17, 15) is 19.1 Å². The van der Waals surface area contributed by atoms with Gasteiger partial charge in [-0.05, 0) is 61.9 Å². The van der Waals surface area contributed by atoms with Gasteiger partial charge in [0.2, 0.25) is 5.71 Å². The molecule has 0 aliphatic heterocycles. The maximum absolute atomic E-state index is 13.5. The number of carbonyl (C=O) groups is 2. The van der Waals surface area contributed by atoms with Crippen molar-refractivity contribution in [2.24, 2.45) is 0 Å². The second-order valence-corrected chi connectivity index (χ2v) is 8.28. The Morgan fingerprint density at radius 3 is 2.36 bits per heavy atom. The summed E-state index contributed by atoms with van der Waals surface area (Å²) < 4.78 is 19.5. The number of carbonyl (C=O) groups excluding carboxylic acids is 1. The molecule has 0 saturated carbocycles. The molecule has 0 radical (unpaired) electrons. The highest BCUT2D eigenvalue weighted by molar-refractivity contribution is 6.34.